The lowest BCUT2D eigenvalue weighted by Gasteiger charge is -2.05. The van der Waals surface area contributed by atoms with Crippen molar-refractivity contribution in [3.8, 4) is 11.5 Å². The Morgan fingerprint density at radius 2 is 2.06 bits per heavy atom. The summed E-state index contributed by atoms with van der Waals surface area (Å²) in [5, 5.41) is 2.73. The standard InChI is InChI=1S/C9H10FN5S/c1-4-7(10)9(15-11)14-8(12-4)6-3-16-5(2)13-6/h3H,11H2,1-2H3,(H,12,14,15). The lowest BCUT2D eigenvalue weighted by Crippen LogP contribution is -2.13. The first-order valence-electron chi connectivity index (χ1n) is 4.55. The lowest BCUT2D eigenvalue weighted by molar-refractivity contribution is 0.606. The van der Waals surface area contributed by atoms with Gasteiger partial charge in [0.05, 0.1) is 10.7 Å². The highest BCUT2D eigenvalue weighted by Crippen LogP contribution is 2.21. The molecule has 2 heterocycles. The molecule has 16 heavy (non-hydrogen) atoms. The van der Waals surface area contributed by atoms with Gasteiger partial charge in [-0.2, -0.15) is 0 Å². The topological polar surface area (TPSA) is 76.7 Å². The largest absolute Gasteiger partial charge is 0.306 e. The van der Waals surface area contributed by atoms with Gasteiger partial charge in [0.1, 0.15) is 5.69 Å². The molecule has 0 saturated heterocycles. The molecule has 2 aromatic heterocycles. The number of anilines is 1. The van der Waals surface area contributed by atoms with Crippen LogP contribution >= 0.6 is 11.3 Å². The number of thiazole rings is 1. The van der Waals surface area contributed by atoms with Gasteiger partial charge in [0.25, 0.3) is 0 Å². The van der Waals surface area contributed by atoms with Gasteiger partial charge in [-0.3, -0.25) is 0 Å². The van der Waals surface area contributed by atoms with Crippen LogP contribution in [-0.2, 0) is 0 Å². The summed E-state index contributed by atoms with van der Waals surface area (Å²) >= 11 is 1.49. The number of aryl methyl sites for hydroxylation is 2. The highest BCUT2D eigenvalue weighted by Gasteiger charge is 2.13. The Bertz CT molecular complexity index is 525. The predicted molar refractivity (Wildman–Crippen MR) is 60.4 cm³/mol. The van der Waals surface area contributed by atoms with Crippen molar-refractivity contribution in [2.45, 2.75) is 13.8 Å². The molecule has 0 amide bonds. The smallest absolute Gasteiger partial charge is 0.187 e. The van der Waals surface area contributed by atoms with Crippen molar-refractivity contribution in [3.05, 3.63) is 21.9 Å². The van der Waals surface area contributed by atoms with E-state index in [9.17, 15) is 4.39 Å². The number of nitrogens with zero attached hydrogens (tertiary/aromatic N) is 3. The Labute approximate surface area is 95.5 Å². The Morgan fingerprint density at radius 3 is 2.62 bits per heavy atom. The molecule has 2 aromatic rings. The summed E-state index contributed by atoms with van der Waals surface area (Å²) < 4.78 is 13.4. The van der Waals surface area contributed by atoms with Crippen LogP contribution in [0.1, 0.15) is 10.7 Å². The maximum Gasteiger partial charge on any atom is 0.187 e. The molecule has 0 aliphatic rings. The van der Waals surface area contributed by atoms with Gasteiger partial charge >= 0.3 is 0 Å². The number of hydrogen-bond donors (Lipinski definition) is 2. The van der Waals surface area contributed by atoms with Crippen molar-refractivity contribution in [3.63, 3.8) is 0 Å². The van der Waals surface area contributed by atoms with Crippen LogP contribution in [0.4, 0.5) is 10.2 Å². The molecule has 0 atom stereocenters. The first-order valence-corrected chi connectivity index (χ1v) is 5.43. The zero-order valence-electron chi connectivity index (χ0n) is 8.78. The van der Waals surface area contributed by atoms with Gasteiger partial charge in [0.15, 0.2) is 17.5 Å². The minimum absolute atomic E-state index is 0.0202. The van der Waals surface area contributed by atoms with Gasteiger partial charge in [0.2, 0.25) is 0 Å². The summed E-state index contributed by atoms with van der Waals surface area (Å²) in [4.78, 5) is 12.2. The molecule has 0 radical (unpaired) electrons. The fourth-order valence-electron chi connectivity index (χ4n) is 1.24. The maximum atomic E-state index is 13.4. The zero-order valence-corrected chi connectivity index (χ0v) is 9.60. The van der Waals surface area contributed by atoms with Crippen molar-refractivity contribution < 1.29 is 4.39 Å². The quantitative estimate of drug-likeness (QED) is 0.615. The monoisotopic (exact) mass is 239 g/mol. The second-order valence-electron chi connectivity index (χ2n) is 3.19. The molecule has 0 aliphatic heterocycles. The third-order valence-corrected chi connectivity index (χ3v) is 2.78. The molecule has 0 aliphatic carbocycles. The van der Waals surface area contributed by atoms with Crippen molar-refractivity contribution in [1.82, 2.24) is 15.0 Å². The molecule has 5 nitrogen and oxygen atoms in total. The normalized spacial score (nSPS) is 10.5. The third-order valence-electron chi connectivity index (χ3n) is 2.00. The summed E-state index contributed by atoms with van der Waals surface area (Å²) in [7, 11) is 0. The lowest BCUT2D eigenvalue weighted by atomic mass is 10.3. The summed E-state index contributed by atoms with van der Waals surface area (Å²) in [5.74, 6) is 4.98. The molecule has 0 unspecified atom stereocenters. The summed E-state index contributed by atoms with van der Waals surface area (Å²) in [6.07, 6.45) is 0. The average Bonchev–Trinajstić information content (AvgIpc) is 2.69. The molecular formula is C9H10FN5S. The summed E-state index contributed by atoms with van der Waals surface area (Å²) in [6, 6.07) is 0. The molecule has 84 valence electrons. The Kier molecular flexibility index (Phi) is 2.80. The van der Waals surface area contributed by atoms with E-state index in [1.807, 2.05) is 12.3 Å². The van der Waals surface area contributed by atoms with Crippen LogP contribution in [0.5, 0.6) is 0 Å². The highest BCUT2D eigenvalue weighted by molar-refractivity contribution is 7.09. The SMILES string of the molecule is Cc1nc(-c2nc(C)c(F)c(NN)n2)cs1. The van der Waals surface area contributed by atoms with Crippen LogP contribution in [0.15, 0.2) is 5.38 Å². The van der Waals surface area contributed by atoms with Crippen LogP contribution in [0, 0.1) is 19.7 Å². The number of hydrazine groups is 1. The van der Waals surface area contributed by atoms with Crippen molar-refractivity contribution in [1.29, 1.82) is 0 Å². The average molecular weight is 239 g/mol. The van der Waals surface area contributed by atoms with Crippen molar-refractivity contribution in [2.24, 2.45) is 5.84 Å². The fraction of sp³-hybridized carbons (Fsp3) is 0.222. The second-order valence-corrected chi connectivity index (χ2v) is 4.25. The second kappa shape index (κ2) is 4.11. The van der Waals surface area contributed by atoms with Gasteiger partial charge in [-0.15, -0.1) is 11.3 Å². The molecule has 0 spiro atoms. The van der Waals surface area contributed by atoms with E-state index in [1.165, 1.54) is 11.3 Å². The van der Waals surface area contributed by atoms with Gasteiger partial charge in [-0.1, -0.05) is 0 Å². The molecule has 2 rings (SSSR count). The minimum atomic E-state index is -0.543. The first kappa shape index (κ1) is 10.9. The van der Waals surface area contributed by atoms with Crippen LogP contribution in [-0.4, -0.2) is 15.0 Å². The first-order chi connectivity index (χ1) is 7.61. The molecular weight excluding hydrogens is 229 g/mol. The van der Waals surface area contributed by atoms with E-state index >= 15 is 0 Å². The van der Waals surface area contributed by atoms with E-state index in [0.717, 1.165) is 5.01 Å². The molecule has 7 heteroatoms. The predicted octanol–water partition coefficient (Wildman–Crippen LogP) is 1.64. The van der Waals surface area contributed by atoms with Gasteiger partial charge in [-0.05, 0) is 13.8 Å². The van der Waals surface area contributed by atoms with Crippen LogP contribution in [0.3, 0.4) is 0 Å². The molecule has 0 fully saturated rings. The minimum Gasteiger partial charge on any atom is -0.306 e. The number of nitrogens with one attached hydrogen (secondary N) is 1. The number of aromatic nitrogens is 3. The van der Waals surface area contributed by atoms with Crippen LogP contribution in [0.25, 0.3) is 11.5 Å². The van der Waals surface area contributed by atoms with Gasteiger partial charge < -0.3 is 5.43 Å². The Balaban J connectivity index is 2.54. The van der Waals surface area contributed by atoms with E-state index in [1.54, 1.807) is 6.92 Å². The van der Waals surface area contributed by atoms with Gasteiger partial charge in [0, 0.05) is 5.38 Å². The number of hydrogen-bond acceptors (Lipinski definition) is 6. The van der Waals surface area contributed by atoms with Gasteiger partial charge in [-0.25, -0.2) is 25.2 Å². The molecule has 0 aromatic carbocycles. The van der Waals surface area contributed by atoms with Crippen molar-refractivity contribution >= 4 is 17.2 Å². The van der Waals surface area contributed by atoms with E-state index in [4.69, 9.17) is 5.84 Å². The number of nitrogen functional groups attached to an aromatic ring is 1. The van der Waals surface area contributed by atoms with E-state index in [0.29, 0.717) is 11.5 Å². The molecule has 0 saturated carbocycles. The number of halogens is 1. The number of rotatable bonds is 2. The van der Waals surface area contributed by atoms with Crippen LogP contribution < -0.4 is 11.3 Å². The fourth-order valence-corrected chi connectivity index (χ4v) is 1.83. The van der Waals surface area contributed by atoms with E-state index in [2.05, 4.69) is 20.4 Å². The van der Waals surface area contributed by atoms with Crippen molar-refractivity contribution in [2.75, 3.05) is 5.43 Å². The Hall–Kier alpha value is -1.60. The zero-order chi connectivity index (χ0) is 11.7. The van der Waals surface area contributed by atoms with Crippen LogP contribution in [0.2, 0.25) is 0 Å². The Morgan fingerprint density at radius 1 is 1.31 bits per heavy atom. The maximum absolute atomic E-state index is 13.4. The summed E-state index contributed by atoms with van der Waals surface area (Å²) in [5.41, 5.74) is 3.07. The number of nitrogens with two attached hydrogens (primary N) is 1. The summed E-state index contributed by atoms with van der Waals surface area (Å²) in [6.45, 7) is 3.44. The highest BCUT2D eigenvalue weighted by atomic mass is 32.1. The van der Waals surface area contributed by atoms with E-state index < -0.39 is 5.82 Å². The molecule has 3 N–H and O–H groups in total. The third kappa shape index (κ3) is 1.86. The molecule has 0 bridgehead atoms. The van der Waals surface area contributed by atoms with E-state index in [-0.39, 0.29) is 11.5 Å².